The maximum absolute atomic E-state index is 12.4. The third-order valence-electron chi connectivity index (χ3n) is 4.36. The van der Waals surface area contributed by atoms with E-state index in [1.165, 1.54) is 12.3 Å². The predicted octanol–water partition coefficient (Wildman–Crippen LogP) is 2.23. The van der Waals surface area contributed by atoms with Gasteiger partial charge in [0.15, 0.2) is 0 Å². The van der Waals surface area contributed by atoms with Crippen LogP contribution in [0.5, 0.6) is 0 Å². The Kier molecular flexibility index (Phi) is 4.65. The lowest BCUT2D eigenvalue weighted by atomic mass is 9.94. The molecule has 0 radical (unpaired) electrons. The van der Waals surface area contributed by atoms with Gasteiger partial charge in [-0.05, 0) is 30.7 Å². The first kappa shape index (κ1) is 15.3. The zero-order valence-corrected chi connectivity index (χ0v) is 13.1. The van der Waals surface area contributed by atoms with E-state index < -0.39 is 10.0 Å². The summed E-state index contributed by atoms with van der Waals surface area (Å²) >= 11 is 0. The number of pyridine rings is 1. The van der Waals surface area contributed by atoms with E-state index >= 15 is 0 Å². The number of hydrogen-bond donors (Lipinski definition) is 2. The standard InChI is InChI=1S/C14H23N3O2S/c1-4-11-5-6-13(10(11)2)17-20(18,19)12-7-8-16-14(9-12)15-3/h7-11,13,17H,4-6H2,1-3H3,(H,15,16). The quantitative estimate of drug-likeness (QED) is 0.874. The zero-order valence-electron chi connectivity index (χ0n) is 12.3. The highest BCUT2D eigenvalue weighted by molar-refractivity contribution is 7.89. The lowest BCUT2D eigenvalue weighted by Crippen LogP contribution is -2.37. The zero-order chi connectivity index (χ0) is 14.8. The largest absolute Gasteiger partial charge is 0.373 e. The minimum Gasteiger partial charge on any atom is -0.373 e. The molecule has 2 N–H and O–H groups in total. The number of nitrogens with one attached hydrogen (secondary N) is 2. The first-order chi connectivity index (χ1) is 9.47. The summed E-state index contributed by atoms with van der Waals surface area (Å²) < 4.78 is 27.7. The lowest BCUT2D eigenvalue weighted by Gasteiger charge is -2.21. The summed E-state index contributed by atoms with van der Waals surface area (Å²) in [6.45, 7) is 4.31. The number of anilines is 1. The van der Waals surface area contributed by atoms with E-state index in [2.05, 4.69) is 28.9 Å². The second-order valence-electron chi connectivity index (χ2n) is 5.46. The van der Waals surface area contributed by atoms with E-state index in [1.54, 1.807) is 13.1 Å². The van der Waals surface area contributed by atoms with Crippen LogP contribution in [0.3, 0.4) is 0 Å². The molecule has 1 aromatic heterocycles. The van der Waals surface area contributed by atoms with Crippen LogP contribution in [0.2, 0.25) is 0 Å². The number of sulfonamides is 1. The van der Waals surface area contributed by atoms with Gasteiger partial charge in [-0.15, -0.1) is 0 Å². The topological polar surface area (TPSA) is 71.1 Å². The van der Waals surface area contributed by atoms with E-state index in [0.29, 0.717) is 17.7 Å². The van der Waals surface area contributed by atoms with Crippen molar-refractivity contribution in [3.8, 4) is 0 Å². The lowest BCUT2D eigenvalue weighted by molar-refractivity contribution is 0.368. The minimum atomic E-state index is -3.47. The van der Waals surface area contributed by atoms with Crippen molar-refractivity contribution in [2.24, 2.45) is 11.8 Å². The molecule has 5 nitrogen and oxygen atoms in total. The van der Waals surface area contributed by atoms with Gasteiger partial charge in [0, 0.05) is 25.4 Å². The maximum atomic E-state index is 12.4. The summed E-state index contributed by atoms with van der Waals surface area (Å²) in [4.78, 5) is 4.31. The molecule has 0 amide bonds. The summed E-state index contributed by atoms with van der Waals surface area (Å²) in [5.41, 5.74) is 0. The molecule has 0 saturated heterocycles. The molecule has 1 saturated carbocycles. The second kappa shape index (κ2) is 6.10. The summed E-state index contributed by atoms with van der Waals surface area (Å²) in [6, 6.07) is 3.12. The van der Waals surface area contributed by atoms with Crippen LogP contribution < -0.4 is 10.0 Å². The molecule has 1 fully saturated rings. The molecule has 1 heterocycles. The second-order valence-corrected chi connectivity index (χ2v) is 7.17. The SMILES string of the molecule is CCC1CCC(NS(=O)(=O)c2ccnc(NC)c2)C1C. The molecule has 2 rings (SSSR count). The highest BCUT2D eigenvalue weighted by atomic mass is 32.2. The first-order valence-corrected chi connectivity index (χ1v) is 8.62. The highest BCUT2D eigenvalue weighted by Gasteiger charge is 2.34. The van der Waals surface area contributed by atoms with Crippen LogP contribution in [0.15, 0.2) is 23.2 Å². The third-order valence-corrected chi connectivity index (χ3v) is 5.84. The van der Waals surface area contributed by atoms with Gasteiger partial charge >= 0.3 is 0 Å². The molecule has 0 aromatic carbocycles. The average molecular weight is 297 g/mol. The molecule has 1 aromatic rings. The first-order valence-electron chi connectivity index (χ1n) is 7.14. The molecular formula is C14H23N3O2S. The van der Waals surface area contributed by atoms with Crippen molar-refractivity contribution in [2.75, 3.05) is 12.4 Å². The van der Waals surface area contributed by atoms with Crippen molar-refractivity contribution < 1.29 is 8.42 Å². The number of hydrogen-bond acceptors (Lipinski definition) is 4. The molecule has 20 heavy (non-hydrogen) atoms. The fraction of sp³-hybridized carbons (Fsp3) is 0.643. The number of nitrogens with zero attached hydrogens (tertiary/aromatic N) is 1. The smallest absolute Gasteiger partial charge is 0.241 e. The molecule has 1 aliphatic carbocycles. The van der Waals surface area contributed by atoms with Crippen LogP contribution in [0.1, 0.15) is 33.1 Å². The van der Waals surface area contributed by atoms with Crippen molar-refractivity contribution in [3.05, 3.63) is 18.3 Å². The molecule has 1 aliphatic rings. The highest BCUT2D eigenvalue weighted by Crippen LogP contribution is 2.34. The van der Waals surface area contributed by atoms with Gasteiger partial charge in [0.1, 0.15) is 5.82 Å². The number of aromatic nitrogens is 1. The van der Waals surface area contributed by atoms with E-state index in [9.17, 15) is 8.42 Å². The molecule has 3 unspecified atom stereocenters. The third kappa shape index (κ3) is 3.12. The van der Waals surface area contributed by atoms with Gasteiger partial charge in [-0.3, -0.25) is 0 Å². The Morgan fingerprint density at radius 3 is 2.75 bits per heavy atom. The van der Waals surface area contributed by atoms with E-state index in [4.69, 9.17) is 0 Å². The molecule has 3 atom stereocenters. The Balaban J connectivity index is 2.15. The van der Waals surface area contributed by atoms with Gasteiger partial charge in [-0.25, -0.2) is 18.1 Å². The molecule has 112 valence electrons. The Morgan fingerprint density at radius 1 is 1.40 bits per heavy atom. The van der Waals surface area contributed by atoms with Crippen molar-refractivity contribution in [3.63, 3.8) is 0 Å². The molecule has 6 heteroatoms. The summed E-state index contributed by atoms with van der Waals surface area (Å²) in [5.74, 6) is 1.56. The predicted molar refractivity (Wildman–Crippen MR) is 80.1 cm³/mol. The normalized spacial score (nSPS) is 26.6. The molecule has 0 aliphatic heterocycles. The summed E-state index contributed by atoms with van der Waals surface area (Å²) in [6.07, 6.45) is 4.64. The van der Waals surface area contributed by atoms with Crippen LogP contribution in [0.25, 0.3) is 0 Å². The van der Waals surface area contributed by atoms with Gasteiger partial charge in [-0.2, -0.15) is 0 Å². The van der Waals surface area contributed by atoms with Crippen LogP contribution in [0, 0.1) is 11.8 Å². The van der Waals surface area contributed by atoms with Gasteiger partial charge in [0.25, 0.3) is 0 Å². The molecular weight excluding hydrogens is 274 g/mol. The fourth-order valence-electron chi connectivity index (χ4n) is 2.97. The van der Waals surface area contributed by atoms with E-state index in [-0.39, 0.29) is 10.9 Å². The molecule has 0 spiro atoms. The van der Waals surface area contributed by atoms with E-state index in [0.717, 1.165) is 19.3 Å². The van der Waals surface area contributed by atoms with Gasteiger partial charge in [0.2, 0.25) is 10.0 Å². The van der Waals surface area contributed by atoms with Crippen molar-refractivity contribution in [1.82, 2.24) is 9.71 Å². The van der Waals surface area contributed by atoms with Crippen molar-refractivity contribution in [1.29, 1.82) is 0 Å². The van der Waals surface area contributed by atoms with Crippen LogP contribution >= 0.6 is 0 Å². The van der Waals surface area contributed by atoms with Crippen LogP contribution in [0.4, 0.5) is 5.82 Å². The Bertz CT molecular complexity index is 559. The van der Waals surface area contributed by atoms with Crippen molar-refractivity contribution >= 4 is 15.8 Å². The van der Waals surface area contributed by atoms with Crippen molar-refractivity contribution in [2.45, 2.75) is 44.0 Å². The Hall–Kier alpha value is -1.14. The van der Waals surface area contributed by atoms with Gasteiger partial charge < -0.3 is 5.32 Å². The summed E-state index contributed by atoms with van der Waals surface area (Å²) in [5, 5.41) is 2.85. The van der Waals surface area contributed by atoms with E-state index in [1.807, 2.05) is 0 Å². The summed E-state index contributed by atoms with van der Waals surface area (Å²) in [7, 11) is -1.75. The monoisotopic (exact) mass is 297 g/mol. The Morgan fingerprint density at radius 2 is 2.15 bits per heavy atom. The van der Waals surface area contributed by atoms with Gasteiger partial charge in [0.05, 0.1) is 4.90 Å². The molecule has 0 bridgehead atoms. The van der Waals surface area contributed by atoms with Gasteiger partial charge in [-0.1, -0.05) is 20.3 Å². The van der Waals surface area contributed by atoms with Crippen LogP contribution in [-0.4, -0.2) is 26.5 Å². The number of rotatable bonds is 5. The minimum absolute atomic E-state index is 0.0381. The Labute approximate surface area is 121 Å². The fourth-order valence-corrected chi connectivity index (χ4v) is 4.35. The average Bonchev–Trinajstić information content (AvgIpc) is 2.79. The van der Waals surface area contributed by atoms with Crippen LogP contribution in [-0.2, 0) is 10.0 Å². The maximum Gasteiger partial charge on any atom is 0.241 e.